The van der Waals surface area contributed by atoms with Crippen LogP contribution in [0.25, 0.3) is 0 Å². The number of hydrogen-bond donors (Lipinski definition) is 10. The number of carbonyl (C=O) groups excluding carboxylic acids is 1. The van der Waals surface area contributed by atoms with Crippen molar-refractivity contribution in [2.45, 2.75) is 131 Å². The van der Waals surface area contributed by atoms with Gasteiger partial charge in [0.2, 0.25) is 12.1 Å². The van der Waals surface area contributed by atoms with Crippen molar-refractivity contribution in [2.75, 3.05) is 26.4 Å². The third kappa shape index (κ3) is 8.37. The van der Waals surface area contributed by atoms with Crippen LogP contribution in [0.5, 0.6) is 0 Å². The van der Waals surface area contributed by atoms with Crippen molar-refractivity contribution in [1.29, 1.82) is 0 Å². The quantitative estimate of drug-likeness (QED) is 0.0601. The summed E-state index contributed by atoms with van der Waals surface area (Å²) in [6, 6.07) is 0. The van der Waals surface area contributed by atoms with Gasteiger partial charge in [-0.3, -0.25) is 4.79 Å². The van der Waals surface area contributed by atoms with Gasteiger partial charge in [0.25, 0.3) is 0 Å². The van der Waals surface area contributed by atoms with Gasteiger partial charge in [-0.15, -0.1) is 0 Å². The molecule has 43 heavy (non-hydrogen) atoms. The van der Waals surface area contributed by atoms with E-state index in [1.54, 1.807) is 0 Å². The molecule has 0 spiro atoms. The maximum absolute atomic E-state index is 12.6. The van der Waals surface area contributed by atoms with E-state index in [0.717, 1.165) is 25.7 Å². The maximum Gasteiger partial charge on any atom is 0.306 e. The van der Waals surface area contributed by atoms with E-state index in [2.05, 4.69) is 0 Å². The maximum atomic E-state index is 12.6. The van der Waals surface area contributed by atoms with Crippen molar-refractivity contribution in [2.24, 2.45) is 0 Å². The zero-order valence-corrected chi connectivity index (χ0v) is 23.9. The van der Waals surface area contributed by atoms with Crippen molar-refractivity contribution in [1.82, 2.24) is 0 Å². The Labute approximate surface area is 248 Å². The highest BCUT2D eigenvalue weighted by Crippen LogP contribution is 2.37. The van der Waals surface area contributed by atoms with Gasteiger partial charge in [-0.2, -0.15) is 0 Å². The number of unbranched alkanes of at least 4 members (excludes halogenated alkanes) is 4. The number of esters is 1. The molecular formula is C26H46O17. The summed E-state index contributed by atoms with van der Waals surface area (Å²) in [5.41, 5.74) is 0. The Morgan fingerprint density at radius 2 is 1.35 bits per heavy atom. The largest absolute Gasteiger partial charge is 0.454 e. The fourth-order valence-corrected chi connectivity index (χ4v) is 5.21. The first-order chi connectivity index (χ1) is 20.4. The van der Waals surface area contributed by atoms with Crippen molar-refractivity contribution in [3.63, 3.8) is 0 Å². The van der Waals surface area contributed by atoms with Crippen LogP contribution in [0, 0.1) is 0 Å². The second kappa shape index (κ2) is 16.4. The molecule has 14 atom stereocenters. The summed E-state index contributed by atoms with van der Waals surface area (Å²) in [6.45, 7) is -1.18. The fourth-order valence-electron chi connectivity index (χ4n) is 5.21. The molecule has 0 aromatic heterocycles. The van der Waals surface area contributed by atoms with Gasteiger partial charge < -0.3 is 79.5 Å². The fraction of sp³-hybridized carbons (Fsp3) is 0.962. The summed E-state index contributed by atoms with van der Waals surface area (Å²) < 4.78 is 32.9. The van der Waals surface area contributed by atoms with Gasteiger partial charge in [0, 0.05) is 6.42 Å². The molecule has 17 heteroatoms. The van der Waals surface area contributed by atoms with E-state index in [1.165, 1.54) is 0 Å². The minimum atomic E-state index is -2.41. The van der Waals surface area contributed by atoms with E-state index in [9.17, 15) is 55.9 Å². The molecule has 3 saturated heterocycles. The standard InChI is InChI=1S/C26H46O17/c1-2-3-4-5-6-7-15(30)41-22-20(35)17(32)14(10-38-24-21(36)19(34)16(31)12(8-27)39-24)40-25(22)43-26(11-29)23(37)18(33)13(9-28)42-26/h12-14,16-25,27-29,31-37H,2-11H2,1H3/t12-,13-,14-,16+,17-,18-,19+,20+,21-,22-,23+,24+,25-,26+/m1/s1. The highest BCUT2D eigenvalue weighted by atomic mass is 16.8. The number of ether oxygens (including phenoxy) is 6. The van der Waals surface area contributed by atoms with Crippen LogP contribution in [0.15, 0.2) is 0 Å². The second-order valence-corrected chi connectivity index (χ2v) is 11.0. The van der Waals surface area contributed by atoms with E-state index >= 15 is 0 Å². The van der Waals surface area contributed by atoms with Crippen LogP contribution < -0.4 is 0 Å². The molecule has 0 saturated carbocycles. The van der Waals surface area contributed by atoms with Crippen LogP contribution in [-0.4, -0.2) is 169 Å². The Balaban J connectivity index is 1.77. The summed E-state index contributed by atoms with van der Waals surface area (Å²) in [5, 5.41) is 102. The highest BCUT2D eigenvalue weighted by Gasteiger charge is 2.59. The average molecular weight is 631 g/mol. The minimum Gasteiger partial charge on any atom is -0.454 e. The molecule has 0 radical (unpaired) electrons. The van der Waals surface area contributed by atoms with E-state index in [-0.39, 0.29) is 6.42 Å². The lowest BCUT2D eigenvalue weighted by Crippen LogP contribution is -2.64. The summed E-state index contributed by atoms with van der Waals surface area (Å²) in [4.78, 5) is 12.6. The molecule has 17 nitrogen and oxygen atoms in total. The molecular weight excluding hydrogens is 584 g/mol. The molecule has 10 N–H and O–H groups in total. The van der Waals surface area contributed by atoms with Gasteiger partial charge in [0.1, 0.15) is 67.6 Å². The Kier molecular flexibility index (Phi) is 13.9. The minimum absolute atomic E-state index is 0.0328. The lowest BCUT2D eigenvalue weighted by atomic mass is 9.98. The van der Waals surface area contributed by atoms with Crippen LogP contribution in [-0.2, 0) is 33.2 Å². The Bertz CT molecular complexity index is 848. The molecule has 3 fully saturated rings. The number of aliphatic hydroxyl groups excluding tert-OH is 10. The average Bonchev–Trinajstić information content (AvgIpc) is 3.24. The summed E-state index contributed by atoms with van der Waals surface area (Å²) in [6.07, 6.45) is -17.8. The third-order valence-corrected chi connectivity index (χ3v) is 7.89. The normalized spacial score (nSPS) is 43.6. The number of carbonyl (C=O) groups is 1. The summed E-state index contributed by atoms with van der Waals surface area (Å²) in [7, 11) is 0. The first-order valence-electron chi connectivity index (χ1n) is 14.5. The van der Waals surface area contributed by atoms with Crippen molar-refractivity contribution >= 4 is 5.97 Å². The number of aliphatic hydroxyl groups is 10. The molecule has 3 aliphatic rings. The predicted octanol–water partition coefficient (Wildman–Crippen LogP) is -4.66. The predicted molar refractivity (Wildman–Crippen MR) is 139 cm³/mol. The van der Waals surface area contributed by atoms with Gasteiger partial charge in [-0.25, -0.2) is 0 Å². The molecule has 0 unspecified atom stereocenters. The van der Waals surface area contributed by atoms with E-state index in [1.807, 2.05) is 6.92 Å². The molecule has 0 amide bonds. The monoisotopic (exact) mass is 630 g/mol. The SMILES string of the molecule is CCCCCCCC(=O)O[C@H]1[C@@H](O[C@]2(CO)O[C@H](CO)[C@@H](O)[C@@H]2O)O[C@H](CO[C@H]2O[C@H](CO)[C@H](O)[C@H](O)[C@H]2O)[C@@H](O)[C@@H]1O. The van der Waals surface area contributed by atoms with Crippen molar-refractivity contribution < 1.29 is 84.3 Å². The molecule has 3 aliphatic heterocycles. The van der Waals surface area contributed by atoms with Crippen LogP contribution in [0.1, 0.15) is 45.4 Å². The second-order valence-electron chi connectivity index (χ2n) is 11.0. The molecule has 0 aromatic carbocycles. The van der Waals surface area contributed by atoms with Crippen molar-refractivity contribution in [3.8, 4) is 0 Å². The van der Waals surface area contributed by atoms with Crippen LogP contribution in [0.4, 0.5) is 0 Å². The Hall–Kier alpha value is -1.13. The lowest BCUT2D eigenvalue weighted by molar-refractivity contribution is -0.388. The van der Waals surface area contributed by atoms with Gasteiger partial charge >= 0.3 is 5.97 Å². The lowest BCUT2D eigenvalue weighted by Gasteiger charge is -2.45. The highest BCUT2D eigenvalue weighted by molar-refractivity contribution is 5.69. The smallest absolute Gasteiger partial charge is 0.306 e. The molecule has 252 valence electrons. The van der Waals surface area contributed by atoms with Gasteiger partial charge in [-0.1, -0.05) is 32.6 Å². The van der Waals surface area contributed by atoms with Gasteiger partial charge in [0.05, 0.1) is 19.8 Å². The van der Waals surface area contributed by atoms with Crippen LogP contribution >= 0.6 is 0 Å². The van der Waals surface area contributed by atoms with E-state index in [0.29, 0.717) is 6.42 Å². The third-order valence-electron chi connectivity index (χ3n) is 7.89. The summed E-state index contributed by atoms with van der Waals surface area (Å²) in [5.74, 6) is -3.17. The van der Waals surface area contributed by atoms with Gasteiger partial charge in [-0.05, 0) is 6.42 Å². The zero-order chi connectivity index (χ0) is 31.9. The first-order valence-corrected chi connectivity index (χ1v) is 14.5. The Morgan fingerprint density at radius 1 is 0.721 bits per heavy atom. The van der Waals surface area contributed by atoms with E-state index in [4.69, 9.17) is 28.4 Å². The topological polar surface area (TPSA) is 275 Å². The molecule has 3 rings (SSSR count). The zero-order valence-electron chi connectivity index (χ0n) is 23.9. The van der Waals surface area contributed by atoms with Crippen molar-refractivity contribution in [3.05, 3.63) is 0 Å². The molecule has 0 aliphatic carbocycles. The van der Waals surface area contributed by atoms with Crippen LogP contribution in [0.3, 0.4) is 0 Å². The molecule has 0 bridgehead atoms. The molecule has 0 aromatic rings. The summed E-state index contributed by atoms with van der Waals surface area (Å²) >= 11 is 0. The Morgan fingerprint density at radius 3 is 1.95 bits per heavy atom. The number of hydrogen-bond acceptors (Lipinski definition) is 17. The molecule has 3 heterocycles. The van der Waals surface area contributed by atoms with Crippen LogP contribution in [0.2, 0.25) is 0 Å². The van der Waals surface area contributed by atoms with Gasteiger partial charge in [0.15, 0.2) is 12.4 Å². The first kappa shape index (κ1) is 36.3. The van der Waals surface area contributed by atoms with E-state index < -0.39 is 118 Å². The number of rotatable bonds is 15.